The van der Waals surface area contributed by atoms with Crippen LogP contribution in [-0.2, 0) is 9.09 Å². The summed E-state index contributed by atoms with van der Waals surface area (Å²) in [5.41, 5.74) is 0. The molecule has 0 spiro atoms. The Hall–Kier alpha value is 0.290. The van der Waals surface area contributed by atoms with Crippen molar-refractivity contribution >= 4 is 12.9 Å². The van der Waals surface area contributed by atoms with Crippen LogP contribution in [0.5, 0.6) is 0 Å². The summed E-state index contributed by atoms with van der Waals surface area (Å²) < 4.78 is 16.0. The van der Waals surface area contributed by atoms with E-state index in [4.69, 9.17) is 10.2 Å². The molecule has 1 aromatic rings. The van der Waals surface area contributed by atoms with Crippen molar-refractivity contribution in [1.29, 1.82) is 0 Å². The predicted octanol–water partition coefficient (Wildman–Crippen LogP) is -3.76. The quantitative estimate of drug-likeness (QED) is 0.416. The molecule has 0 saturated heterocycles. The van der Waals surface area contributed by atoms with Crippen LogP contribution in [0.4, 0.5) is 0 Å². The molecule has 0 aromatic heterocycles. The minimum Gasteiger partial charge on any atom is -0.775 e. The van der Waals surface area contributed by atoms with Crippen molar-refractivity contribution in [3.63, 3.8) is 0 Å². The maximum Gasteiger partial charge on any atom is 1.00 e. The van der Waals surface area contributed by atoms with E-state index < -0.39 is 26.9 Å². The Bertz CT molecular complexity index is 345. The number of benzene rings is 1. The molecule has 0 heterocycles. The standard InChI is InChI=1S/C9H13O5P.Na/c10-6-8(11)7-14-15(12,13)9-4-2-1-3-5-9;/h1-5,8,10-11H,6-7H2,(H,12,13);/q;+1/p-1. The van der Waals surface area contributed by atoms with Crippen molar-refractivity contribution in [2.45, 2.75) is 6.10 Å². The van der Waals surface area contributed by atoms with Crippen LogP contribution in [0.3, 0.4) is 0 Å². The molecule has 0 bridgehead atoms. The van der Waals surface area contributed by atoms with Gasteiger partial charge in [-0.1, -0.05) is 30.3 Å². The van der Waals surface area contributed by atoms with E-state index in [2.05, 4.69) is 4.52 Å². The van der Waals surface area contributed by atoms with Crippen LogP contribution in [0.1, 0.15) is 0 Å². The van der Waals surface area contributed by atoms with Crippen LogP contribution < -0.4 is 39.8 Å². The van der Waals surface area contributed by atoms with Gasteiger partial charge in [-0.25, -0.2) is 0 Å². The maximum atomic E-state index is 11.5. The zero-order valence-corrected chi connectivity index (χ0v) is 11.8. The van der Waals surface area contributed by atoms with Crippen molar-refractivity contribution in [2.75, 3.05) is 13.2 Å². The molecule has 0 aliphatic rings. The molecule has 16 heavy (non-hydrogen) atoms. The summed E-state index contributed by atoms with van der Waals surface area (Å²) in [7, 11) is -4.13. The number of rotatable bonds is 5. The first-order valence-electron chi connectivity index (χ1n) is 4.36. The Morgan fingerprint density at radius 2 is 1.94 bits per heavy atom. The van der Waals surface area contributed by atoms with E-state index >= 15 is 0 Å². The van der Waals surface area contributed by atoms with Crippen LogP contribution in [0, 0.1) is 0 Å². The fraction of sp³-hybridized carbons (Fsp3) is 0.333. The third kappa shape index (κ3) is 5.08. The van der Waals surface area contributed by atoms with Crippen LogP contribution in [0.2, 0.25) is 0 Å². The average molecular weight is 254 g/mol. The second-order valence-corrected chi connectivity index (χ2v) is 4.73. The molecule has 0 radical (unpaired) electrons. The van der Waals surface area contributed by atoms with Crippen LogP contribution in [-0.4, -0.2) is 29.5 Å². The monoisotopic (exact) mass is 254 g/mol. The largest absolute Gasteiger partial charge is 1.00 e. The van der Waals surface area contributed by atoms with Gasteiger partial charge in [-0.2, -0.15) is 0 Å². The number of hydrogen-bond acceptors (Lipinski definition) is 5. The molecule has 5 nitrogen and oxygen atoms in total. The van der Waals surface area contributed by atoms with E-state index in [0.29, 0.717) is 0 Å². The van der Waals surface area contributed by atoms with Crippen molar-refractivity contribution in [3.8, 4) is 0 Å². The third-order valence-electron chi connectivity index (χ3n) is 1.72. The van der Waals surface area contributed by atoms with Crippen LogP contribution >= 0.6 is 7.60 Å². The van der Waals surface area contributed by atoms with E-state index in [0.717, 1.165) is 0 Å². The Morgan fingerprint density at radius 1 is 1.38 bits per heavy atom. The van der Waals surface area contributed by atoms with Gasteiger partial charge in [0.1, 0.15) is 6.10 Å². The minimum absolute atomic E-state index is 0. The Labute approximate surface area is 116 Å². The van der Waals surface area contributed by atoms with Gasteiger partial charge in [0.05, 0.1) is 13.2 Å². The summed E-state index contributed by atoms with van der Waals surface area (Å²) in [4.78, 5) is 11.5. The number of aliphatic hydroxyl groups excluding tert-OH is 2. The molecular formula is C9H12NaO5P. The summed E-state index contributed by atoms with van der Waals surface area (Å²) >= 11 is 0. The van der Waals surface area contributed by atoms with E-state index in [-0.39, 0.29) is 34.9 Å². The van der Waals surface area contributed by atoms with Crippen molar-refractivity contribution < 1.29 is 53.8 Å². The number of aliphatic hydroxyl groups is 2. The second kappa shape index (κ2) is 7.58. The molecule has 7 heteroatoms. The topological polar surface area (TPSA) is 89.8 Å². The predicted molar refractivity (Wildman–Crippen MR) is 52.7 cm³/mol. The zero-order chi connectivity index (χ0) is 11.3. The van der Waals surface area contributed by atoms with Crippen LogP contribution in [0.15, 0.2) is 30.3 Å². The maximum absolute atomic E-state index is 11.5. The van der Waals surface area contributed by atoms with Gasteiger partial charge in [-0.05, 0) is 0 Å². The van der Waals surface area contributed by atoms with Gasteiger partial charge >= 0.3 is 29.6 Å². The summed E-state index contributed by atoms with van der Waals surface area (Å²) in [6.07, 6.45) is -1.18. The first-order chi connectivity index (χ1) is 7.06. The molecule has 2 atom stereocenters. The normalized spacial score (nSPS) is 15.9. The van der Waals surface area contributed by atoms with Gasteiger partial charge < -0.3 is 24.2 Å². The van der Waals surface area contributed by atoms with Gasteiger partial charge in [-0.3, -0.25) is 0 Å². The van der Waals surface area contributed by atoms with Crippen molar-refractivity contribution in [3.05, 3.63) is 30.3 Å². The summed E-state index contributed by atoms with van der Waals surface area (Å²) in [5.74, 6) is 0. The molecule has 84 valence electrons. The van der Waals surface area contributed by atoms with Crippen LogP contribution in [0.25, 0.3) is 0 Å². The number of hydrogen-bond donors (Lipinski definition) is 2. The molecule has 0 fully saturated rings. The fourth-order valence-corrected chi connectivity index (χ4v) is 1.98. The molecule has 1 rings (SSSR count). The fourth-order valence-electron chi connectivity index (χ4n) is 0.922. The SMILES string of the molecule is O=P([O-])(OCC(O)CO)c1ccccc1.[Na+]. The van der Waals surface area contributed by atoms with Gasteiger partial charge in [0.15, 0.2) is 7.60 Å². The van der Waals surface area contributed by atoms with Crippen molar-refractivity contribution in [1.82, 2.24) is 0 Å². The van der Waals surface area contributed by atoms with Gasteiger partial charge in [0.2, 0.25) is 0 Å². The average Bonchev–Trinajstić information content (AvgIpc) is 2.27. The summed E-state index contributed by atoms with van der Waals surface area (Å²) in [6.45, 7) is -0.971. The molecule has 0 aliphatic carbocycles. The Kier molecular flexibility index (Phi) is 7.72. The van der Waals surface area contributed by atoms with Gasteiger partial charge in [-0.15, -0.1) is 0 Å². The van der Waals surface area contributed by atoms with Crippen molar-refractivity contribution in [2.24, 2.45) is 0 Å². The second-order valence-electron chi connectivity index (χ2n) is 2.97. The third-order valence-corrected chi connectivity index (χ3v) is 3.14. The molecule has 2 unspecified atom stereocenters. The smallest absolute Gasteiger partial charge is 0.775 e. The van der Waals surface area contributed by atoms with E-state index in [1.165, 1.54) is 12.1 Å². The van der Waals surface area contributed by atoms with Gasteiger partial charge in [0.25, 0.3) is 0 Å². The van der Waals surface area contributed by atoms with E-state index in [9.17, 15) is 9.46 Å². The van der Waals surface area contributed by atoms with Gasteiger partial charge in [0, 0.05) is 5.30 Å². The first-order valence-corrected chi connectivity index (χ1v) is 5.90. The van der Waals surface area contributed by atoms with E-state index in [1.807, 2.05) is 0 Å². The summed E-state index contributed by atoms with van der Waals surface area (Å²) in [5, 5.41) is 17.5. The molecule has 1 aromatic carbocycles. The first kappa shape index (κ1) is 16.3. The Balaban J connectivity index is 0.00000225. The zero-order valence-electron chi connectivity index (χ0n) is 8.94. The van der Waals surface area contributed by atoms with E-state index in [1.54, 1.807) is 18.2 Å². The minimum atomic E-state index is -4.13. The molecule has 0 saturated carbocycles. The molecule has 0 amide bonds. The molecule has 0 aliphatic heterocycles. The summed E-state index contributed by atoms with van der Waals surface area (Å²) in [6, 6.07) is 7.64. The Morgan fingerprint density at radius 3 is 2.44 bits per heavy atom. The molecule has 2 N–H and O–H groups in total. The molecular weight excluding hydrogens is 242 g/mol.